The van der Waals surface area contributed by atoms with Crippen LogP contribution in [0.1, 0.15) is 27.7 Å². The number of carbonyl (C=O) groups excluding carboxylic acids is 2. The average Bonchev–Trinajstić information content (AvgIpc) is 2.76. The van der Waals surface area contributed by atoms with E-state index in [9.17, 15) is 9.59 Å². The molecule has 1 aliphatic rings. The Morgan fingerprint density at radius 2 is 1.89 bits per heavy atom. The minimum Gasteiger partial charge on any atom is -0.379 e. The Morgan fingerprint density at radius 3 is 2.47 bits per heavy atom. The van der Waals surface area contributed by atoms with Gasteiger partial charge in [-0.2, -0.15) is 0 Å². The van der Waals surface area contributed by atoms with E-state index in [2.05, 4.69) is 16.0 Å². The maximum Gasteiger partial charge on any atom is 0.242 e. The van der Waals surface area contributed by atoms with E-state index in [0.29, 0.717) is 13.2 Å². The lowest BCUT2D eigenvalue weighted by Crippen LogP contribution is -2.51. The Morgan fingerprint density at radius 1 is 1.21 bits per heavy atom. The van der Waals surface area contributed by atoms with Crippen LogP contribution < -0.4 is 16.0 Å². The molecule has 3 unspecified atom stereocenters. The van der Waals surface area contributed by atoms with E-state index >= 15 is 0 Å². The highest BCUT2D eigenvalue weighted by atomic mass is 16.5. The van der Waals surface area contributed by atoms with Gasteiger partial charge in [0.05, 0.1) is 19.1 Å². The molecule has 1 saturated heterocycles. The fraction of sp³-hybridized carbons (Fsp3) is 0.846. The number of likely N-dealkylation sites (N-methyl/N-ethyl adjacent to an activating group) is 1. The van der Waals surface area contributed by atoms with Crippen LogP contribution in [0.2, 0.25) is 0 Å². The van der Waals surface area contributed by atoms with Gasteiger partial charge in [-0.25, -0.2) is 0 Å². The lowest BCUT2D eigenvalue weighted by molar-refractivity contribution is -0.131. The van der Waals surface area contributed by atoms with E-state index < -0.39 is 6.04 Å². The number of hydrogen-bond donors (Lipinski definition) is 3. The molecule has 6 nitrogen and oxygen atoms in total. The minimum atomic E-state index is -0.530. The van der Waals surface area contributed by atoms with Crippen molar-refractivity contribution in [2.45, 2.75) is 45.8 Å². The van der Waals surface area contributed by atoms with Crippen LogP contribution in [0.25, 0.3) is 0 Å². The number of carbonyl (C=O) groups is 2. The molecular formula is C13H25N3O3. The molecule has 0 aromatic rings. The highest BCUT2D eigenvalue weighted by Gasteiger charge is 2.34. The molecule has 6 heteroatoms. The first-order valence-electron chi connectivity index (χ1n) is 6.87. The normalized spacial score (nSPS) is 24.3. The lowest BCUT2D eigenvalue weighted by atomic mass is 10.0. The Kier molecular flexibility index (Phi) is 6.24. The summed E-state index contributed by atoms with van der Waals surface area (Å²) < 4.78 is 5.33. The van der Waals surface area contributed by atoms with Gasteiger partial charge in [-0.1, -0.05) is 6.92 Å². The van der Waals surface area contributed by atoms with Crippen molar-refractivity contribution >= 4 is 11.8 Å². The highest BCUT2D eigenvalue weighted by Crippen LogP contribution is 2.14. The standard InChI is InChI=1S/C13H25N3O3/c1-5-14-11-7-19-6-10(11)13(18)16-9(4)12(17)15-8(2)3/h8-11,14H,5-7H2,1-4H3,(H,15,17)(H,16,18). The molecule has 0 aromatic carbocycles. The third-order valence-corrected chi connectivity index (χ3v) is 3.07. The Bertz CT molecular complexity index is 320. The molecule has 1 aliphatic heterocycles. The number of ether oxygens (including phenoxy) is 1. The SMILES string of the molecule is CCNC1COCC1C(=O)NC(C)C(=O)NC(C)C. The zero-order valence-corrected chi connectivity index (χ0v) is 12.2. The van der Waals surface area contributed by atoms with Crippen molar-refractivity contribution in [3.8, 4) is 0 Å². The van der Waals surface area contributed by atoms with Crippen LogP contribution >= 0.6 is 0 Å². The summed E-state index contributed by atoms with van der Waals surface area (Å²) in [5.74, 6) is -0.522. The van der Waals surface area contributed by atoms with Crippen LogP contribution in [0.15, 0.2) is 0 Å². The predicted octanol–water partition coefficient (Wildman–Crippen LogP) is -0.360. The van der Waals surface area contributed by atoms with Crippen LogP contribution in [0.5, 0.6) is 0 Å². The second kappa shape index (κ2) is 7.45. The molecule has 3 N–H and O–H groups in total. The molecule has 0 aliphatic carbocycles. The minimum absolute atomic E-state index is 0.0327. The van der Waals surface area contributed by atoms with Gasteiger partial charge < -0.3 is 20.7 Å². The number of hydrogen-bond acceptors (Lipinski definition) is 4. The van der Waals surface area contributed by atoms with Gasteiger partial charge in [0.15, 0.2) is 0 Å². The lowest BCUT2D eigenvalue weighted by Gasteiger charge is -2.21. The number of nitrogens with one attached hydrogen (secondary N) is 3. The van der Waals surface area contributed by atoms with E-state index in [1.54, 1.807) is 6.92 Å². The van der Waals surface area contributed by atoms with E-state index in [1.807, 2.05) is 20.8 Å². The largest absolute Gasteiger partial charge is 0.379 e. The molecule has 2 amide bonds. The van der Waals surface area contributed by atoms with E-state index in [0.717, 1.165) is 6.54 Å². The van der Waals surface area contributed by atoms with Crippen molar-refractivity contribution < 1.29 is 14.3 Å². The topological polar surface area (TPSA) is 79.5 Å². The van der Waals surface area contributed by atoms with Crippen molar-refractivity contribution in [1.82, 2.24) is 16.0 Å². The van der Waals surface area contributed by atoms with E-state index in [4.69, 9.17) is 4.74 Å². The first kappa shape index (κ1) is 15.9. The van der Waals surface area contributed by atoms with Crippen LogP contribution in [0, 0.1) is 5.92 Å². The summed E-state index contributed by atoms with van der Waals surface area (Å²) in [5, 5.41) is 8.74. The van der Waals surface area contributed by atoms with Crippen molar-refractivity contribution in [3.05, 3.63) is 0 Å². The summed E-state index contributed by atoms with van der Waals surface area (Å²) in [7, 11) is 0. The Hall–Kier alpha value is -1.14. The average molecular weight is 271 g/mol. The van der Waals surface area contributed by atoms with E-state index in [1.165, 1.54) is 0 Å². The molecule has 1 fully saturated rings. The fourth-order valence-corrected chi connectivity index (χ4v) is 2.07. The summed E-state index contributed by atoms with van der Waals surface area (Å²) >= 11 is 0. The third-order valence-electron chi connectivity index (χ3n) is 3.07. The first-order chi connectivity index (χ1) is 8.95. The molecular weight excluding hydrogens is 246 g/mol. The maximum atomic E-state index is 12.1. The zero-order chi connectivity index (χ0) is 14.4. The quantitative estimate of drug-likeness (QED) is 0.616. The van der Waals surface area contributed by atoms with Crippen LogP contribution in [-0.2, 0) is 14.3 Å². The van der Waals surface area contributed by atoms with Crippen molar-refractivity contribution in [3.63, 3.8) is 0 Å². The fourth-order valence-electron chi connectivity index (χ4n) is 2.07. The van der Waals surface area contributed by atoms with Gasteiger partial charge in [0, 0.05) is 12.1 Å². The Labute approximate surface area is 114 Å². The molecule has 0 spiro atoms. The summed E-state index contributed by atoms with van der Waals surface area (Å²) in [6.07, 6.45) is 0. The second-order valence-corrected chi connectivity index (χ2v) is 5.20. The van der Waals surface area contributed by atoms with Gasteiger partial charge in [-0.05, 0) is 27.3 Å². The molecule has 19 heavy (non-hydrogen) atoms. The van der Waals surface area contributed by atoms with Crippen molar-refractivity contribution in [1.29, 1.82) is 0 Å². The van der Waals surface area contributed by atoms with Gasteiger partial charge in [-0.3, -0.25) is 9.59 Å². The van der Waals surface area contributed by atoms with Crippen LogP contribution in [-0.4, -0.2) is 49.7 Å². The highest BCUT2D eigenvalue weighted by molar-refractivity contribution is 5.88. The van der Waals surface area contributed by atoms with Crippen LogP contribution in [0.4, 0.5) is 0 Å². The summed E-state index contributed by atoms with van der Waals surface area (Å²) in [6, 6.07) is -0.431. The first-order valence-corrected chi connectivity index (χ1v) is 6.87. The monoisotopic (exact) mass is 271 g/mol. The molecule has 0 radical (unpaired) electrons. The summed E-state index contributed by atoms with van der Waals surface area (Å²) in [6.45, 7) is 9.19. The Balaban J connectivity index is 2.47. The van der Waals surface area contributed by atoms with Crippen molar-refractivity contribution in [2.24, 2.45) is 5.92 Å². The predicted molar refractivity (Wildman–Crippen MR) is 72.7 cm³/mol. The molecule has 0 saturated carbocycles. The molecule has 0 bridgehead atoms. The van der Waals surface area contributed by atoms with Gasteiger partial charge in [0.1, 0.15) is 6.04 Å². The van der Waals surface area contributed by atoms with Gasteiger partial charge >= 0.3 is 0 Å². The summed E-state index contributed by atoms with van der Waals surface area (Å²) in [5.41, 5.74) is 0. The van der Waals surface area contributed by atoms with Gasteiger partial charge in [-0.15, -0.1) is 0 Å². The van der Waals surface area contributed by atoms with Gasteiger partial charge in [0.25, 0.3) is 0 Å². The van der Waals surface area contributed by atoms with E-state index in [-0.39, 0.29) is 29.8 Å². The maximum absolute atomic E-state index is 12.1. The molecule has 3 atom stereocenters. The van der Waals surface area contributed by atoms with Gasteiger partial charge in [0.2, 0.25) is 11.8 Å². The molecule has 0 aromatic heterocycles. The molecule has 1 heterocycles. The number of amides is 2. The number of rotatable bonds is 6. The zero-order valence-electron chi connectivity index (χ0n) is 12.2. The molecule has 110 valence electrons. The van der Waals surface area contributed by atoms with Crippen molar-refractivity contribution in [2.75, 3.05) is 19.8 Å². The second-order valence-electron chi connectivity index (χ2n) is 5.20. The molecule has 1 rings (SSSR count). The third kappa shape index (κ3) is 4.80. The van der Waals surface area contributed by atoms with Crippen LogP contribution in [0.3, 0.4) is 0 Å². The summed E-state index contributed by atoms with van der Waals surface area (Å²) in [4.78, 5) is 23.9. The smallest absolute Gasteiger partial charge is 0.242 e.